The van der Waals surface area contributed by atoms with E-state index in [0.29, 0.717) is 24.6 Å². The van der Waals surface area contributed by atoms with Crippen LogP contribution in [0, 0.1) is 32.6 Å². The van der Waals surface area contributed by atoms with E-state index in [0.717, 1.165) is 49.0 Å². The molecule has 0 bridgehead atoms. The molecule has 2 fully saturated rings. The third kappa shape index (κ3) is 5.13. The Morgan fingerprint density at radius 2 is 1.82 bits per heavy atom. The van der Waals surface area contributed by atoms with Crippen LogP contribution in [0.5, 0.6) is 0 Å². The molecule has 0 N–H and O–H groups in total. The molecule has 0 radical (unpaired) electrons. The van der Waals surface area contributed by atoms with Gasteiger partial charge in [0.25, 0.3) is 0 Å². The highest BCUT2D eigenvalue weighted by molar-refractivity contribution is 7.89. The topological polar surface area (TPSA) is 83.7 Å². The molecule has 0 aliphatic carbocycles. The number of nitrogens with zero attached hydrogens (tertiary/aromatic N) is 3. The fourth-order valence-corrected chi connectivity index (χ4v) is 6.66. The van der Waals surface area contributed by atoms with Crippen molar-refractivity contribution in [3.63, 3.8) is 0 Å². The minimum atomic E-state index is -3.85. The van der Waals surface area contributed by atoms with Crippen LogP contribution in [-0.2, 0) is 14.8 Å². The van der Waals surface area contributed by atoms with Crippen molar-refractivity contribution in [3.05, 3.63) is 46.3 Å². The lowest BCUT2D eigenvalue weighted by molar-refractivity contribution is -0.138. The second-order valence-corrected chi connectivity index (χ2v) is 11.7. The lowest BCUT2D eigenvalue weighted by atomic mass is 9.94. The van der Waals surface area contributed by atoms with Crippen molar-refractivity contribution in [3.8, 4) is 0 Å². The molecule has 2 aliphatic heterocycles. The van der Waals surface area contributed by atoms with Crippen molar-refractivity contribution in [2.45, 2.75) is 58.3 Å². The second-order valence-electron chi connectivity index (χ2n) is 9.86. The molecule has 8 heteroatoms. The van der Waals surface area contributed by atoms with Crippen LogP contribution in [-0.4, -0.2) is 54.9 Å². The van der Waals surface area contributed by atoms with Crippen molar-refractivity contribution in [2.75, 3.05) is 26.2 Å². The first-order valence-electron chi connectivity index (χ1n) is 12.2. The number of carbonyl (C=O) groups is 1. The summed E-state index contributed by atoms with van der Waals surface area (Å²) < 4.78 is 34.2. The SMILES string of the molecule is Cc1ccc(C)c(C=Cc2onc(C)c2S(=O)(=O)N2CCCC(C(=O)N3CCC(C)CC3)C2)c1. The standard InChI is InChI=1S/C26H35N3O4S/c1-18-11-14-28(15-12-18)26(30)23-6-5-13-29(17-23)34(31,32)25-21(4)27-33-24(25)10-9-22-16-19(2)7-8-20(22)3/h7-10,16,18,23H,5-6,11-15,17H2,1-4H3. The van der Waals surface area contributed by atoms with E-state index < -0.39 is 10.0 Å². The largest absolute Gasteiger partial charge is 0.355 e. The number of benzene rings is 1. The van der Waals surface area contributed by atoms with Crippen molar-refractivity contribution < 1.29 is 17.7 Å². The van der Waals surface area contributed by atoms with Crippen molar-refractivity contribution >= 4 is 28.1 Å². The maximum Gasteiger partial charge on any atom is 0.248 e. The van der Waals surface area contributed by atoms with E-state index >= 15 is 0 Å². The summed E-state index contributed by atoms with van der Waals surface area (Å²) >= 11 is 0. The molecule has 1 unspecified atom stereocenters. The van der Waals surface area contributed by atoms with Crippen LogP contribution >= 0.6 is 0 Å². The van der Waals surface area contributed by atoms with Gasteiger partial charge in [0.15, 0.2) is 10.7 Å². The zero-order valence-corrected chi connectivity index (χ0v) is 21.4. The molecule has 2 aliphatic rings. The van der Waals surface area contributed by atoms with Crippen LogP contribution in [0.3, 0.4) is 0 Å². The van der Waals surface area contributed by atoms with E-state index in [2.05, 4.69) is 12.1 Å². The van der Waals surface area contributed by atoms with Gasteiger partial charge in [0.1, 0.15) is 5.69 Å². The van der Waals surface area contributed by atoms with E-state index in [4.69, 9.17) is 4.52 Å². The molecule has 0 saturated carbocycles. The van der Waals surface area contributed by atoms with Gasteiger partial charge >= 0.3 is 0 Å². The lowest BCUT2D eigenvalue weighted by Gasteiger charge is -2.36. The number of piperidine rings is 2. The van der Waals surface area contributed by atoms with Crippen LogP contribution in [0.15, 0.2) is 27.6 Å². The monoisotopic (exact) mass is 485 g/mol. The molecule has 1 atom stereocenters. The van der Waals surface area contributed by atoms with Crippen LogP contribution in [0.25, 0.3) is 12.2 Å². The first-order chi connectivity index (χ1) is 16.2. The smallest absolute Gasteiger partial charge is 0.248 e. The summed E-state index contributed by atoms with van der Waals surface area (Å²) in [5, 5.41) is 3.96. The summed E-state index contributed by atoms with van der Waals surface area (Å²) in [6.07, 6.45) is 6.95. The fraction of sp³-hybridized carbons (Fsp3) is 0.538. The maximum absolute atomic E-state index is 13.7. The molecule has 34 heavy (non-hydrogen) atoms. The first-order valence-corrected chi connectivity index (χ1v) is 13.6. The number of aryl methyl sites for hydroxylation is 3. The van der Waals surface area contributed by atoms with Gasteiger partial charge in [-0.3, -0.25) is 4.79 Å². The molecule has 1 aromatic carbocycles. The molecular formula is C26H35N3O4S. The van der Waals surface area contributed by atoms with Crippen LogP contribution in [0.2, 0.25) is 0 Å². The normalized spacial score (nSPS) is 20.8. The Labute approximate surface area is 202 Å². The third-order valence-corrected chi connectivity index (χ3v) is 9.13. The molecule has 7 nitrogen and oxygen atoms in total. The van der Waals surface area contributed by atoms with Gasteiger partial charge in [0, 0.05) is 26.2 Å². The summed E-state index contributed by atoms with van der Waals surface area (Å²) in [5.74, 6) is 0.644. The number of aromatic nitrogens is 1. The summed E-state index contributed by atoms with van der Waals surface area (Å²) in [6, 6.07) is 6.12. The van der Waals surface area contributed by atoms with Gasteiger partial charge < -0.3 is 9.42 Å². The van der Waals surface area contributed by atoms with Crippen molar-refractivity contribution in [1.29, 1.82) is 0 Å². The molecular weight excluding hydrogens is 450 g/mol. The zero-order chi connectivity index (χ0) is 24.5. The van der Waals surface area contributed by atoms with E-state index in [1.165, 1.54) is 4.31 Å². The van der Waals surface area contributed by atoms with E-state index in [1.54, 1.807) is 13.0 Å². The third-order valence-electron chi connectivity index (χ3n) is 7.11. The predicted octanol–water partition coefficient (Wildman–Crippen LogP) is 4.43. The average molecular weight is 486 g/mol. The molecule has 1 aromatic heterocycles. The van der Waals surface area contributed by atoms with E-state index in [9.17, 15) is 13.2 Å². The predicted molar refractivity (Wildman–Crippen MR) is 133 cm³/mol. The highest BCUT2D eigenvalue weighted by Gasteiger charge is 2.38. The number of hydrogen-bond acceptors (Lipinski definition) is 5. The van der Waals surface area contributed by atoms with Crippen molar-refractivity contribution in [1.82, 2.24) is 14.4 Å². The van der Waals surface area contributed by atoms with Gasteiger partial charge in [-0.05, 0) is 69.6 Å². The summed E-state index contributed by atoms with van der Waals surface area (Å²) in [6.45, 7) is 10.0. The number of carbonyl (C=O) groups excluding carboxylic acids is 1. The molecule has 184 valence electrons. The molecule has 1 amide bonds. The van der Waals surface area contributed by atoms with Gasteiger partial charge in [0.05, 0.1) is 5.92 Å². The van der Waals surface area contributed by atoms with Gasteiger partial charge in [-0.15, -0.1) is 0 Å². The minimum Gasteiger partial charge on any atom is -0.355 e. The van der Waals surface area contributed by atoms with Gasteiger partial charge in [-0.1, -0.05) is 41.9 Å². The molecule has 0 spiro atoms. The van der Waals surface area contributed by atoms with Crippen LogP contribution < -0.4 is 0 Å². The highest BCUT2D eigenvalue weighted by atomic mass is 32.2. The number of likely N-dealkylation sites (tertiary alicyclic amines) is 1. The van der Waals surface area contributed by atoms with E-state index in [-0.39, 0.29) is 29.0 Å². The van der Waals surface area contributed by atoms with Gasteiger partial charge in [0.2, 0.25) is 15.9 Å². The van der Waals surface area contributed by atoms with Crippen molar-refractivity contribution in [2.24, 2.45) is 11.8 Å². The van der Waals surface area contributed by atoms with Gasteiger partial charge in [-0.25, -0.2) is 8.42 Å². The Bertz CT molecular complexity index is 1180. The molecule has 3 heterocycles. The Kier molecular flexibility index (Phi) is 7.28. The lowest BCUT2D eigenvalue weighted by Crippen LogP contribution is -2.48. The Morgan fingerprint density at radius 3 is 2.56 bits per heavy atom. The summed E-state index contributed by atoms with van der Waals surface area (Å²) in [5.41, 5.74) is 3.54. The first kappa shape index (κ1) is 24.7. The molecule has 2 aromatic rings. The molecule has 2 saturated heterocycles. The molecule has 4 rings (SSSR count). The van der Waals surface area contributed by atoms with E-state index in [1.807, 2.05) is 43.0 Å². The number of sulfonamides is 1. The fourth-order valence-electron chi connectivity index (χ4n) is 4.88. The highest BCUT2D eigenvalue weighted by Crippen LogP contribution is 2.30. The number of rotatable bonds is 5. The Hall–Kier alpha value is -2.45. The summed E-state index contributed by atoms with van der Waals surface area (Å²) in [4.78, 5) is 15.1. The number of amides is 1. The minimum absolute atomic E-state index is 0.0869. The van der Waals surface area contributed by atoms with Crippen LogP contribution in [0.4, 0.5) is 0 Å². The maximum atomic E-state index is 13.7. The van der Waals surface area contributed by atoms with Gasteiger partial charge in [-0.2, -0.15) is 4.31 Å². The Morgan fingerprint density at radius 1 is 1.09 bits per heavy atom. The second kappa shape index (κ2) is 10.0. The average Bonchev–Trinajstić information content (AvgIpc) is 3.21. The Balaban J connectivity index is 1.55. The summed E-state index contributed by atoms with van der Waals surface area (Å²) in [7, 11) is -3.85. The quantitative estimate of drug-likeness (QED) is 0.626. The number of hydrogen-bond donors (Lipinski definition) is 0. The zero-order valence-electron chi connectivity index (χ0n) is 20.6. The van der Waals surface area contributed by atoms with Crippen LogP contribution in [0.1, 0.15) is 60.8 Å².